The predicted molar refractivity (Wildman–Crippen MR) is 80.6 cm³/mol. The van der Waals surface area contributed by atoms with Gasteiger partial charge in [0.1, 0.15) is 11.5 Å². The Morgan fingerprint density at radius 2 is 1.85 bits per heavy atom. The van der Waals surface area contributed by atoms with Crippen molar-refractivity contribution >= 4 is 15.9 Å². The second-order valence-corrected chi connectivity index (χ2v) is 5.29. The maximum absolute atomic E-state index is 9.57. The molecule has 1 N–H and O–H groups in total. The summed E-state index contributed by atoms with van der Waals surface area (Å²) in [6.45, 7) is 1.72. The van der Waals surface area contributed by atoms with Crippen molar-refractivity contribution in [1.29, 1.82) is 5.26 Å². The molecule has 0 aliphatic heterocycles. The summed E-state index contributed by atoms with van der Waals surface area (Å²) in [4.78, 5) is 0. The van der Waals surface area contributed by atoms with Gasteiger partial charge in [-0.15, -0.1) is 0 Å². The fourth-order valence-corrected chi connectivity index (χ4v) is 2.50. The van der Waals surface area contributed by atoms with Crippen molar-refractivity contribution < 1.29 is 9.84 Å². The minimum absolute atomic E-state index is 0.398. The Labute approximate surface area is 126 Å². The van der Waals surface area contributed by atoms with Gasteiger partial charge in [-0.25, -0.2) is 0 Å². The second kappa shape index (κ2) is 6.56. The standard InChI is InChI=1S/C16H14BrNO2/c1-11(19)15-7-6-14(10-16(15)17)20-13-4-2-12(3-5-13)8-9-18/h2-7,10-11,19H,8H2,1H3. The van der Waals surface area contributed by atoms with E-state index in [9.17, 15) is 5.11 Å². The SMILES string of the molecule is CC(O)c1ccc(Oc2ccc(CC#N)cc2)cc1Br. The molecule has 1 unspecified atom stereocenters. The van der Waals surface area contributed by atoms with E-state index >= 15 is 0 Å². The minimum atomic E-state index is -0.524. The summed E-state index contributed by atoms with van der Waals surface area (Å²) >= 11 is 3.42. The molecule has 102 valence electrons. The first-order valence-electron chi connectivity index (χ1n) is 6.21. The fourth-order valence-electron chi connectivity index (χ4n) is 1.81. The zero-order valence-corrected chi connectivity index (χ0v) is 12.6. The van der Waals surface area contributed by atoms with Crippen LogP contribution in [0.2, 0.25) is 0 Å². The Bertz CT molecular complexity index is 630. The summed E-state index contributed by atoms with van der Waals surface area (Å²) in [6.07, 6.45) is -0.127. The molecule has 0 aliphatic rings. The lowest BCUT2D eigenvalue weighted by Gasteiger charge is -2.11. The van der Waals surface area contributed by atoms with E-state index in [1.165, 1.54) is 0 Å². The highest BCUT2D eigenvalue weighted by Crippen LogP contribution is 2.30. The van der Waals surface area contributed by atoms with Gasteiger partial charge in [0.15, 0.2) is 0 Å². The van der Waals surface area contributed by atoms with Crippen LogP contribution in [0.15, 0.2) is 46.9 Å². The molecule has 20 heavy (non-hydrogen) atoms. The molecule has 2 aromatic rings. The van der Waals surface area contributed by atoms with E-state index in [-0.39, 0.29) is 0 Å². The molecule has 4 heteroatoms. The summed E-state index contributed by atoms with van der Waals surface area (Å²) < 4.78 is 6.54. The highest BCUT2D eigenvalue weighted by molar-refractivity contribution is 9.10. The van der Waals surface area contributed by atoms with Crippen molar-refractivity contribution in [2.45, 2.75) is 19.4 Å². The summed E-state index contributed by atoms with van der Waals surface area (Å²) in [5, 5.41) is 18.2. The fraction of sp³-hybridized carbons (Fsp3) is 0.188. The lowest BCUT2D eigenvalue weighted by molar-refractivity contribution is 0.198. The minimum Gasteiger partial charge on any atom is -0.457 e. The third kappa shape index (κ3) is 3.60. The van der Waals surface area contributed by atoms with E-state index in [1.807, 2.05) is 42.5 Å². The van der Waals surface area contributed by atoms with Crippen molar-refractivity contribution in [3.63, 3.8) is 0 Å². The van der Waals surface area contributed by atoms with E-state index < -0.39 is 6.10 Å². The Morgan fingerprint density at radius 3 is 2.40 bits per heavy atom. The van der Waals surface area contributed by atoms with Gasteiger partial charge in [0.25, 0.3) is 0 Å². The highest BCUT2D eigenvalue weighted by atomic mass is 79.9. The first-order valence-corrected chi connectivity index (χ1v) is 7.00. The monoisotopic (exact) mass is 331 g/mol. The molecule has 0 saturated carbocycles. The highest BCUT2D eigenvalue weighted by Gasteiger charge is 2.07. The summed E-state index contributed by atoms with van der Waals surface area (Å²) in [7, 11) is 0. The molecule has 0 amide bonds. The molecule has 0 aromatic heterocycles. The number of halogens is 1. The van der Waals surface area contributed by atoms with Crippen LogP contribution in [0.3, 0.4) is 0 Å². The maximum atomic E-state index is 9.57. The molecule has 0 fully saturated rings. The first-order chi connectivity index (χ1) is 9.60. The van der Waals surface area contributed by atoms with Gasteiger partial charge >= 0.3 is 0 Å². The van der Waals surface area contributed by atoms with Crippen molar-refractivity contribution in [1.82, 2.24) is 0 Å². The largest absolute Gasteiger partial charge is 0.457 e. The summed E-state index contributed by atoms with van der Waals surface area (Å²) in [5.74, 6) is 1.40. The lowest BCUT2D eigenvalue weighted by atomic mass is 10.1. The normalized spacial score (nSPS) is 11.7. The Morgan fingerprint density at radius 1 is 1.20 bits per heavy atom. The van der Waals surface area contributed by atoms with Crippen LogP contribution in [-0.4, -0.2) is 5.11 Å². The van der Waals surface area contributed by atoms with Crippen molar-refractivity contribution in [3.05, 3.63) is 58.1 Å². The first kappa shape index (κ1) is 14.6. The van der Waals surface area contributed by atoms with E-state index in [2.05, 4.69) is 22.0 Å². The van der Waals surface area contributed by atoms with Crippen LogP contribution in [0, 0.1) is 11.3 Å². The van der Waals surface area contributed by atoms with Gasteiger partial charge in [-0.05, 0) is 42.3 Å². The average Bonchev–Trinajstić information content (AvgIpc) is 2.41. The van der Waals surface area contributed by atoms with Crippen molar-refractivity contribution in [2.24, 2.45) is 0 Å². The Kier molecular flexibility index (Phi) is 4.78. The van der Waals surface area contributed by atoms with Crippen LogP contribution in [0.5, 0.6) is 11.5 Å². The molecular formula is C16H14BrNO2. The summed E-state index contributed by atoms with van der Waals surface area (Å²) in [6, 6.07) is 15.0. The van der Waals surface area contributed by atoms with Crippen LogP contribution in [-0.2, 0) is 6.42 Å². The zero-order chi connectivity index (χ0) is 14.5. The van der Waals surface area contributed by atoms with Crippen LogP contribution in [0.25, 0.3) is 0 Å². The molecule has 0 radical (unpaired) electrons. The quantitative estimate of drug-likeness (QED) is 0.905. The molecule has 2 rings (SSSR count). The van der Waals surface area contributed by atoms with E-state index in [0.29, 0.717) is 17.9 Å². The topological polar surface area (TPSA) is 53.2 Å². The molecule has 0 saturated heterocycles. The molecule has 2 aromatic carbocycles. The van der Waals surface area contributed by atoms with Gasteiger partial charge in [-0.1, -0.05) is 34.1 Å². The predicted octanol–water partition coefficient (Wildman–Crippen LogP) is 4.36. The molecule has 0 bridgehead atoms. The number of hydrogen-bond donors (Lipinski definition) is 1. The smallest absolute Gasteiger partial charge is 0.128 e. The van der Waals surface area contributed by atoms with Gasteiger partial charge in [0.05, 0.1) is 18.6 Å². The molecule has 3 nitrogen and oxygen atoms in total. The molecule has 0 heterocycles. The van der Waals surface area contributed by atoms with Gasteiger partial charge in [0, 0.05) is 4.47 Å². The molecule has 0 aliphatic carbocycles. The van der Waals surface area contributed by atoms with Gasteiger partial charge in [-0.2, -0.15) is 5.26 Å². The third-order valence-corrected chi connectivity index (χ3v) is 3.55. The number of ether oxygens (including phenoxy) is 1. The Balaban J connectivity index is 2.14. The average molecular weight is 332 g/mol. The van der Waals surface area contributed by atoms with Crippen LogP contribution < -0.4 is 4.74 Å². The molecular weight excluding hydrogens is 318 g/mol. The van der Waals surface area contributed by atoms with Gasteiger partial charge < -0.3 is 9.84 Å². The molecule has 0 spiro atoms. The lowest BCUT2D eigenvalue weighted by Crippen LogP contribution is -1.93. The van der Waals surface area contributed by atoms with Crippen molar-refractivity contribution in [2.75, 3.05) is 0 Å². The van der Waals surface area contributed by atoms with E-state index in [4.69, 9.17) is 10.00 Å². The zero-order valence-electron chi connectivity index (χ0n) is 11.0. The van der Waals surface area contributed by atoms with E-state index in [1.54, 1.807) is 6.92 Å². The Hall–Kier alpha value is -1.83. The van der Waals surface area contributed by atoms with E-state index in [0.717, 1.165) is 15.6 Å². The number of nitriles is 1. The number of hydrogen-bond acceptors (Lipinski definition) is 3. The van der Waals surface area contributed by atoms with Crippen LogP contribution >= 0.6 is 15.9 Å². The van der Waals surface area contributed by atoms with Crippen molar-refractivity contribution in [3.8, 4) is 17.6 Å². The second-order valence-electron chi connectivity index (χ2n) is 4.44. The molecule has 1 atom stereocenters. The number of benzene rings is 2. The maximum Gasteiger partial charge on any atom is 0.128 e. The number of rotatable bonds is 4. The number of aliphatic hydroxyl groups is 1. The number of aliphatic hydroxyl groups excluding tert-OH is 1. The third-order valence-electron chi connectivity index (χ3n) is 2.86. The van der Waals surface area contributed by atoms with Gasteiger partial charge in [0.2, 0.25) is 0 Å². The summed E-state index contributed by atoms with van der Waals surface area (Å²) in [5.41, 5.74) is 1.78. The number of nitrogens with zero attached hydrogens (tertiary/aromatic N) is 1. The van der Waals surface area contributed by atoms with Crippen LogP contribution in [0.1, 0.15) is 24.2 Å². The van der Waals surface area contributed by atoms with Gasteiger partial charge in [-0.3, -0.25) is 0 Å². The van der Waals surface area contributed by atoms with Crippen LogP contribution in [0.4, 0.5) is 0 Å².